The van der Waals surface area contributed by atoms with Crippen LogP contribution in [0.3, 0.4) is 0 Å². The maximum absolute atomic E-state index is 12.2. The van der Waals surface area contributed by atoms with Crippen LogP contribution in [0.15, 0.2) is 40.1 Å². The number of guanidine groups is 1. The van der Waals surface area contributed by atoms with Crippen LogP contribution in [-0.2, 0) is 33.9 Å². The first-order valence-electron chi connectivity index (χ1n) is 10.7. The number of carbonyl (C=O) groups excluding carboxylic acids is 3. The molecule has 1 aromatic carbocycles. The highest BCUT2D eigenvalue weighted by atomic mass is 16.5. The van der Waals surface area contributed by atoms with E-state index < -0.39 is 48.7 Å². The summed E-state index contributed by atoms with van der Waals surface area (Å²) in [5, 5.41) is 25.9. The average Bonchev–Trinajstić information content (AvgIpc) is 3.08. The van der Waals surface area contributed by atoms with Crippen LogP contribution in [0.4, 0.5) is 4.79 Å². The molecule has 14 nitrogen and oxygen atoms in total. The lowest BCUT2D eigenvalue weighted by atomic mass is 10.2. The zero-order valence-electron chi connectivity index (χ0n) is 18.9. The Kier molecular flexibility index (Phi) is 10.1. The first-order valence-corrected chi connectivity index (χ1v) is 10.7. The van der Waals surface area contributed by atoms with Crippen molar-refractivity contribution in [2.75, 3.05) is 13.1 Å². The van der Waals surface area contributed by atoms with Gasteiger partial charge in [0.25, 0.3) is 0 Å². The number of nitrogens with one attached hydrogen (secondary N) is 3. The van der Waals surface area contributed by atoms with E-state index in [2.05, 4.69) is 20.6 Å². The van der Waals surface area contributed by atoms with Gasteiger partial charge in [-0.05, 0) is 24.8 Å². The molecule has 190 valence electrons. The van der Waals surface area contributed by atoms with E-state index in [0.717, 1.165) is 4.57 Å². The fourth-order valence-corrected chi connectivity index (χ4v) is 2.97. The van der Waals surface area contributed by atoms with Crippen molar-refractivity contribution in [3.8, 4) is 5.88 Å². The fourth-order valence-electron chi connectivity index (χ4n) is 2.97. The quantitative estimate of drug-likeness (QED) is 0.1000. The normalized spacial score (nSPS) is 11.3. The first kappa shape index (κ1) is 26.8. The number of carboxylic acid groups (broad SMARTS) is 1. The van der Waals surface area contributed by atoms with Gasteiger partial charge in [-0.2, -0.15) is 0 Å². The van der Waals surface area contributed by atoms with Gasteiger partial charge < -0.3 is 46.8 Å². The van der Waals surface area contributed by atoms with Crippen molar-refractivity contribution >= 4 is 23.9 Å². The van der Waals surface area contributed by atoms with Crippen molar-refractivity contribution in [3.63, 3.8) is 0 Å². The maximum Gasteiger partial charge on any atom is 0.408 e. The third-order valence-electron chi connectivity index (χ3n) is 4.75. The SMILES string of the molecule is NC(N)=NCCCCc1[nH]c(=O)n(CC(=O)NCC(NC(=O)OCc2ccccc2)C(=O)[O-])c1O. The number of nitrogens with zero attached hydrogens (tertiary/aromatic N) is 2. The number of carbonyl (C=O) groups is 3. The molecular formula is C21H28N7O7-. The van der Waals surface area contributed by atoms with Gasteiger partial charge in [0.2, 0.25) is 11.8 Å². The number of aliphatic imine (C=N–C) groups is 1. The van der Waals surface area contributed by atoms with Gasteiger partial charge >= 0.3 is 11.8 Å². The van der Waals surface area contributed by atoms with Crippen molar-refractivity contribution < 1.29 is 29.3 Å². The Hall–Kier alpha value is -4.49. The molecule has 0 saturated heterocycles. The van der Waals surface area contributed by atoms with E-state index in [1.165, 1.54) is 0 Å². The maximum atomic E-state index is 12.2. The molecular weight excluding hydrogens is 462 g/mol. The van der Waals surface area contributed by atoms with Gasteiger partial charge in [0.15, 0.2) is 5.96 Å². The Morgan fingerprint density at radius 3 is 2.57 bits per heavy atom. The van der Waals surface area contributed by atoms with Gasteiger partial charge in [-0.3, -0.25) is 14.4 Å². The van der Waals surface area contributed by atoms with Crippen LogP contribution in [0.2, 0.25) is 0 Å². The number of aromatic nitrogens is 2. The van der Waals surface area contributed by atoms with Gasteiger partial charge in [-0.1, -0.05) is 30.3 Å². The van der Waals surface area contributed by atoms with Crippen molar-refractivity contribution in [2.45, 2.75) is 38.5 Å². The predicted molar refractivity (Wildman–Crippen MR) is 122 cm³/mol. The number of aromatic amines is 1. The summed E-state index contributed by atoms with van der Waals surface area (Å²) in [6, 6.07) is 7.15. The number of aryl methyl sites for hydroxylation is 1. The number of rotatable bonds is 13. The summed E-state index contributed by atoms with van der Waals surface area (Å²) in [6.45, 7) is -0.790. The fraction of sp³-hybridized carbons (Fsp3) is 0.381. The molecule has 0 bridgehead atoms. The molecule has 14 heteroatoms. The van der Waals surface area contributed by atoms with Crippen molar-refractivity contribution in [2.24, 2.45) is 16.5 Å². The molecule has 0 saturated carbocycles. The number of aromatic hydroxyl groups is 1. The molecule has 1 aromatic heterocycles. The van der Waals surface area contributed by atoms with Crippen LogP contribution in [-0.4, -0.2) is 57.7 Å². The Balaban J connectivity index is 1.83. The second-order valence-electron chi connectivity index (χ2n) is 7.46. The Morgan fingerprint density at radius 1 is 1.20 bits per heavy atom. The molecule has 8 N–H and O–H groups in total. The Morgan fingerprint density at radius 2 is 1.91 bits per heavy atom. The van der Waals surface area contributed by atoms with Crippen LogP contribution >= 0.6 is 0 Å². The number of alkyl carbamates (subject to hydrolysis) is 1. The third-order valence-corrected chi connectivity index (χ3v) is 4.75. The van der Waals surface area contributed by atoms with E-state index in [9.17, 15) is 29.4 Å². The lowest BCUT2D eigenvalue weighted by molar-refractivity contribution is -0.308. The van der Waals surface area contributed by atoms with Gasteiger partial charge in [0.1, 0.15) is 13.2 Å². The zero-order chi connectivity index (χ0) is 25.8. The molecule has 0 aliphatic heterocycles. The summed E-state index contributed by atoms with van der Waals surface area (Å²) in [7, 11) is 0. The number of benzene rings is 1. The highest BCUT2D eigenvalue weighted by molar-refractivity contribution is 5.81. The Bertz CT molecular complexity index is 1090. The molecule has 1 unspecified atom stereocenters. The van der Waals surface area contributed by atoms with Crippen molar-refractivity contribution in [3.05, 3.63) is 52.1 Å². The highest BCUT2D eigenvalue weighted by Gasteiger charge is 2.18. The molecule has 0 radical (unpaired) electrons. The van der Waals surface area contributed by atoms with Gasteiger partial charge in [-0.15, -0.1) is 0 Å². The summed E-state index contributed by atoms with van der Waals surface area (Å²) >= 11 is 0. The van der Waals surface area contributed by atoms with E-state index in [-0.39, 0.29) is 18.3 Å². The average molecular weight is 490 g/mol. The topological polar surface area (TPSA) is 230 Å². The van der Waals surface area contributed by atoms with Crippen LogP contribution in [0.25, 0.3) is 0 Å². The molecule has 1 heterocycles. The van der Waals surface area contributed by atoms with E-state index in [0.29, 0.717) is 31.4 Å². The summed E-state index contributed by atoms with van der Waals surface area (Å²) in [5.41, 5.74) is 10.7. The number of carboxylic acids is 1. The number of aliphatic carboxylic acids is 1. The predicted octanol–water partition coefficient (Wildman–Crippen LogP) is -2.36. The van der Waals surface area contributed by atoms with Crippen molar-refractivity contribution in [1.82, 2.24) is 20.2 Å². The number of unbranched alkanes of at least 4 members (excludes halogenated alkanes) is 1. The molecule has 0 aliphatic carbocycles. The van der Waals surface area contributed by atoms with E-state index in [1.807, 2.05) is 0 Å². The molecule has 2 amide bonds. The van der Waals surface area contributed by atoms with E-state index in [4.69, 9.17) is 16.2 Å². The minimum absolute atomic E-state index is 0.0291. The summed E-state index contributed by atoms with van der Waals surface area (Å²) in [4.78, 5) is 53.8. The smallest absolute Gasteiger partial charge is 0.408 e. The number of nitrogens with two attached hydrogens (primary N) is 2. The Labute approximate surface area is 200 Å². The molecule has 2 rings (SSSR count). The first-order chi connectivity index (χ1) is 16.7. The number of imidazole rings is 1. The number of ether oxygens (including phenoxy) is 1. The van der Waals surface area contributed by atoms with Crippen LogP contribution < -0.4 is 32.9 Å². The summed E-state index contributed by atoms with van der Waals surface area (Å²) in [5.74, 6) is -2.86. The van der Waals surface area contributed by atoms with E-state index in [1.54, 1.807) is 30.3 Å². The summed E-state index contributed by atoms with van der Waals surface area (Å²) < 4.78 is 5.75. The standard InChI is InChI=1S/C21H29N7O7/c22-19(23)24-9-5-4-8-14-17(30)28(20(33)26-14)11-16(29)25-10-15(18(31)32)27-21(34)35-12-13-6-2-1-3-7-13/h1-3,6-7,15,30H,4-5,8-12H2,(H,25,29)(H,26,33)(H,27,34)(H,31,32)(H4,22,23,24)/p-1. The van der Waals surface area contributed by atoms with Crippen molar-refractivity contribution in [1.29, 1.82) is 0 Å². The number of hydrogen-bond acceptors (Lipinski definition) is 8. The third kappa shape index (κ3) is 9.11. The minimum Gasteiger partial charge on any atom is -0.548 e. The molecule has 0 spiro atoms. The molecule has 35 heavy (non-hydrogen) atoms. The van der Waals surface area contributed by atoms with E-state index >= 15 is 0 Å². The molecule has 2 aromatic rings. The second kappa shape index (κ2) is 13.3. The van der Waals surface area contributed by atoms with Crippen LogP contribution in [0.5, 0.6) is 5.88 Å². The number of hydrogen-bond donors (Lipinski definition) is 6. The highest BCUT2D eigenvalue weighted by Crippen LogP contribution is 2.15. The molecule has 1 atom stereocenters. The lowest BCUT2D eigenvalue weighted by Gasteiger charge is -2.20. The molecule has 0 aliphatic rings. The van der Waals surface area contributed by atoms with Gasteiger partial charge in [0.05, 0.1) is 17.7 Å². The summed E-state index contributed by atoms with van der Waals surface area (Å²) in [6.07, 6.45) is 0.477. The van der Waals surface area contributed by atoms with Crippen LogP contribution in [0, 0.1) is 0 Å². The number of H-pyrrole nitrogens is 1. The number of amides is 2. The van der Waals surface area contributed by atoms with Crippen LogP contribution in [0.1, 0.15) is 24.1 Å². The lowest BCUT2D eigenvalue weighted by Crippen LogP contribution is -2.54. The van der Waals surface area contributed by atoms with Gasteiger partial charge in [-0.25, -0.2) is 9.59 Å². The minimum atomic E-state index is -1.65. The van der Waals surface area contributed by atoms with Gasteiger partial charge in [0, 0.05) is 13.1 Å². The largest absolute Gasteiger partial charge is 0.548 e. The molecule has 0 fully saturated rings. The second-order valence-corrected chi connectivity index (χ2v) is 7.46. The monoisotopic (exact) mass is 490 g/mol. The zero-order valence-corrected chi connectivity index (χ0v) is 18.9.